The van der Waals surface area contributed by atoms with Gasteiger partial charge in [0.05, 0.1) is 5.69 Å². The predicted octanol–water partition coefficient (Wildman–Crippen LogP) is 2.97. The summed E-state index contributed by atoms with van der Waals surface area (Å²) in [6.45, 7) is 3.33. The summed E-state index contributed by atoms with van der Waals surface area (Å²) in [7, 11) is 2.00. The summed E-state index contributed by atoms with van der Waals surface area (Å²) in [5.74, 6) is 1.23. The molecule has 8 heteroatoms. The van der Waals surface area contributed by atoms with Crippen molar-refractivity contribution in [3.63, 3.8) is 0 Å². The highest BCUT2D eigenvalue weighted by atomic mass is 35.5. The quantitative estimate of drug-likeness (QED) is 0.480. The lowest BCUT2D eigenvalue weighted by molar-refractivity contribution is -0.125. The number of hydrogen-bond donors (Lipinski definition) is 2. The van der Waals surface area contributed by atoms with Crippen molar-refractivity contribution in [3.05, 3.63) is 59.4 Å². The number of carbonyl (C=O) groups excluding carboxylic acids is 1. The molecule has 2 aromatic heterocycles. The molecule has 2 heterocycles. The van der Waals surface area contributed by atoms with Crippen molar-refractivity contribution in [1.29, 1.82) is 0 Å². The number of halogens is 1. The first kappa shape index (κ1) is 22.4. The van der Waals surface area contributed by atoms with Gasteiger partial charge in [-0.3, -0.25) is 4.79 Å². The molecule has 0 radical (unpaired) electrons. The Labute approximate surface area is 194 Å². The van der Waals surface area contributed by atoms with E-state index in [1.54, 1.807) is 0 Å². The Kier molecular flexibility index (Phi) is 7.15. The third kappa shape index (κ3) is 4.99. The molecule has 0 spiro atoms. The maximum atomic E-state index is 12.5. The summed E-state index contributed by atoms with van der Waals surface area (Å²) in [6.07, 6.45) is 17.8. The van der Waals surface area contributed by atoms with E-state index >= 15 is 0 Å². The molecule has 2 aliphatic rings. The normalized spacial score (nSPS) is 18.9. The minimum atomic E-state index is -0.0276. The van der Waals surface area contributed by atoms with Gasteiger partial charge in [0.1, 0.15) is 13.7 Å². The van der Waals surface area contributed by atoms with Gasteiger partial charge in [-0.25, -0.2) is 4.98 Å². The number of amides is 1. The second-order valence-corrected chi connectivity index (χ2v) is 8.88. The smallest absolute Gasteiger partial charge is 0.223 e. The second-order valence-electron chi connectivity index (χ2n) is 8.42. The Morgan fingerprint density at radius 1 is 1.34 bits per heavy atom. The van der Waals surface area contributed by atoms with Crippen molar-refractivity contribution < 1.29 is 4.79 Å². The molecule has 0 saturated carbocycles. The van der Waals surface area contributed by atoms with Gasteiger partial charge in [-0.05, 0) is 37.1 Å². The molecular formula is C24H29BClN5O. The van der Waals surface area contributed by atoms with Crippen molar-refractivity contribution in [1.82, 2.24) is 19.9 Å². The van der Waals surface area contributed by atoms with E-state index in [0.717, 1.165) is 58.9 Å². The van der Waals surface area contributed by atoms with Gasteiger partial charge in [0, 0.05) is 41.9 Å². The first-order valence-electron chi connectivity index (χ1n) is 11.3. The van der Waals surface area contributed by atoms with Crippen molar-refractivity contribution in [3.8, 4) is 0 Å². The number of fused-ring (bicyclic) bond motifs is 1. The Morgan fingerprint density at radius 2 is 2.22 bits per heavy atom. The molecule has 0 aromatic carbocycles. The maximum Gasteiger partial charge on any atom is 0.223 e. The van der Waals surface area contributed by atoms with Gasteiger partial charge in [0.15, 0.2) is 5.65 Å². The van der Waals surface area contributed by atoms with Crippen LogP contribution in [0, 0.1) is 11.8 Å². The van der Waals surface area contributed by atoms with E-state index in [1.807, 2.05) is 49.8 Å². The van der Waals surface area contributed by atoms with E-state index in [1.165, 1.54) is 0 Å². The van der Waals surface area contributed by atoms with Crippen molar-refractivity contribution >= 4 is 47.9 Å². The summed E-state index contributed by atoms with van der Waals surface area (Å²) in [4.78, 5) is 17.3. The van der Waals surface area contributed by atoms with Crippen LogP contribution in [0.15, 0.2) is 53.8 Å². The lowest BCUT2D eigenvalue weighted by Crippen LogP contribution is -2.34. The summed E-state index contributed by atoms with van der Waals surface area (Å²) in [6, 6.07) is 2.00. The number of aromatic nitrogens is 3. The van der Waals surface area contributed by atoms with E-state index in [4.69, 9.17) is 16.6 Å². The minimum absolute atomic E-state index is 0.0276. The molecule has 6 nitrogen and oxygen atoms in total. The number of carbonyl (C=O) groups is 1. The van der Waals surface area contributed by atoms with E-state index in [0.29, 0.717) is 13.1 Å². The molecule has 2 N–H and O–H groups in total. The highest BCUT2D eigenvalue weighted by molar-refractivity contribution is 6.36. The topological polar surface area (TPSA) is 71.3 Å². The Balaban J connectivity index is 1.37. The molecule has 2 aromatic rings. The molecule has 4 rings (SSSR count). The van der Waals surface area contributed by atoms with Crippen LogP contribution in [0.2, 0.25) is 0 Å². The average Bonchev–Trinajstić information content (AvgIpc) is 3.19. The molecular weight excluding hydrogens is 421 g/mol. The van der Waals surface area contributed by atoms with Crippen LogP contribution in [-0.2, 0) is 4.79 Å². The number of nitrogens with zero attached hydrogens (tertiary/aromatic N) is 3. The van der Waals surface area contributed by atoms with E-state index < -0.39 is 0 Å². The van der Waals surface area contributed by atoms with Crippen LogP contribution in [0.5, 0.6) is 0 Å². The van der Waals surface area contributed by atoms with Crippen LogP contribution in [0.3, 0.4) is 0 Å². The van der Waals surface area contributed by atoms with E-state index in [-0.39, 0.29) is 17.7 Å². The van der Waals surface area contributed by atoms with Crippen molar-refractivity contribution in [2.45, 2.75) is 32.6 Å². The summed E-state index contributed by atoms with van der Waals surface area (Å²) in [5, 5.41) is 11.8. The summed E-state index contributed by atoms with van der Waals surface area (Å²) >= 11 is 6.49. The van der Waals surface area contributed by atoms with Crippen LogP contribution < -0.4 is 16.1 Å². The summed E-state index contributed by atoms with van der Waals surface area (Å²) < 4.78 is 1.82. The van der Waals surface area contributed by atoms with Gasteiger partial charge in [0.25, 0.3) is 0 Å². The van der Waals surface area contributed by atoms with E-state index in [2.05, 4.69) is 34.0 Å². The number of anilines is 1. The highest BCUT2D eigenvalue weighted by Crippen LogP contribution is 2.30. The van der Waals surface area contributed by atoms with Crippen molar-refractivity contribution in [2.24, 2.45) is 11.8 Å². The van der Waals surface area contributed by atoms with Gasteiger partial charge >= 0.3 is 0 Å². The standard InChI is InChI=1S/C24H29BClN5O/c1-16(17-8-3-2-4-9-17)24(32)28-13-7-12-27-22-14-21(18-10-5-6-11-20(18)26)30-23-19(25)15-29-31(22)23/h2-5,8,10,14-17,27H,6-7,9,11-13,25H2,1H3,(H,28,32). The third-order valence-corrected chi connectivity index (χ3v) is 6.45. The van der Waals surface area contributed by atoms with Crippen LogP contribution >= 0.6 is 11.6 Å². The molecule has 0 bridgehead atoms. The first-order valence-corrected chi connectivity index (χ1v) is 11.7. The fourth-order valence-electron chi connectivity index (χ4n) is 4.04. The lowest BCUT2D eigenvalue weighted by Gasteiger charge is -2.20. The third-order valence-electron chi connectivity index (χ3n) is 6.06. The molecule has 166 valence electrons. The van der Waals surface area contributed by atoms with Crippen LogP contribution in [-0.4, -0.2) is 41.4 Å². The van der Waals surface area contributed by atoms with Gasteiger partial charge in [-0.1, -0.05) is 55.0 Å². The van der Waals surface area contributed by atoms with Gasteiger partial charge in [-0.15, -0.1) is 0 Å². The van der Waals surface area contributed by atoms with Crippen molar-refractivity contribution in [2.75, 3.05) is 18.4 Å². The minimum Gasteiger partial charge on any atom is -0.370 e. The lowest BCUT2D eigenvalue weighted by atomic mass is 9.88. The zero-order chi connectivity index (χ0) is 22.5. The molecule has 0 saturated heterocycles. The number of allylic oxidation sites excluding steroid dienone is 8. The number of rotatable bonds is 8. The average molecular weight is 450 g/mol. The zero-order valence-corrected chi connectivity index (χ0v) is 19.4. The molecule has 0 fully saturated rings. The molecule has 0 aliphatic heterocycles. The molecule has 2 aliphatic carbocycles. The fraction of sp³-hybridized carbons (Fsp3) is 0.375. The molecule has 1 amide bonds. The number of hydrogen-bond acceptors (Lipinski definition) is 4. The largest absolute Gasteiger partial charge is 0.370 e. The molecule has 32 heavy (non-hydrogen) atoms. The van der Waals surface area contributed by atoms with Crippen LogP contribution in [0.4, 0.5) is 5.82 Å². The highest BCUT2D eigenvalue weighted by Gasteiger charge is 2.21. The maximum absolute atomic E-state index is 12.5. The Morgan fingerprint density at radius 3 is 3.00 bits per heavy atom. The zero-order valence-electron chi connectivity index (χ0n) is 18.6. The van der Waals surface area contributed by atoms with Gasteiger partial charge < -0.3 is 10.6 Å². The summed E-state index contributed by atoms with van der Waals surface area (Å²) in [5.41, 5.74) is 3.65. The van der Waals surface area contributed by atoms with Gasteiger partial charge in [-0.2, -0.15) is 9.61 Å². The fourth-order valence-corrected chi connectivity index (χ4v) is 4.31. The van der Waals surface area contributed by atoms with E-state index in [9.17, 15) is 4.79 Å². The monoisotopic (exact) mass is 449 g/mol. The SMILES string of the molecule is Bc1cnn2c(NCCCNC(=O)C(C)C3C=CC=CC3)cc(C3=C(Cl)CCC=C3)nc12. The first-order chi connectivity index (χ1) is 15.5. The molecule has 2 unspecified atom stereocenters. The van der Waals surface area contributed by atoms with Gasteiger partial charge in [0.2, 0.25) is 5.91 Å². The second kappa shape index (κ2) is 10.2. The van der Waals surface area contributed by atoms with Crippen LogP contribution in [0.1, 0.15) is 38.3 Å². The van der Waals surface area contributed by atoms with Crippen LogP contribution in [0.25, 0.3) is 11.2 Å². The predicted molar refractivity (Wildman–Crippen MR) is 134 cm³/mol. The molecule has 2 atom stereocenters. The Bertz CT molecular complexity index is 1120. The Hall–Kier alpha value is -2.80. The number of nitrogens with one attached hydrogen (secondary N) is 2.